The van der Waals surface area contributed by atoms with Gasteiger partial charge in [-0.15, -0.1) is 0 Å². The van der Waals surface area contributed by atoms with Crippen LogP contribution >= 0.6 is 0 Å². The molecule has 0 saturated carbocycles. The minimum atomic E-state index is -0.203. The van der Waals surface area contributed by atoms with Gasteiger partial charge in [0.05, 0.1) is 0 Å². The molecule has 2 rings (SSSR count). The molecule has 0 aromatic heterocycles. The Kier molecular flexibility index (Phi) is 4.15. The van der Waals surface area contributed by atoms with Crippen LogP contribution in [0.5, 0.6) is 0 Å². The number of amides is 1. The van der Waals surface area contributed by atoms with Gasteiger partial charge in [0, 0.05) is 25.6 Å². The first-order valence-corrected chi connectivity index (χ1v) is 6.41. The number of carbonyl (C=O) groups is 1. The van der Waals surface area contributed by atoms with E-state index in [1.165, 1.54) is 5.57 Å². The fourth-order valence-electron chi connectivity index (χ4n) is 2.13. The zero-order valence-corrected chi connectivity index (χ0v) is 10.8. The minimum Gasteiger partial charge on any atom is -0.339 e. The van der Waals surface area contributed by atoms with Gasteiger partial charge >= 0.3 is 0 Å². The van der Waals surface area contributed by atoms with E-state index in [0.29, 0.717) is 6.42 Å². The maximum Gasteiger partial charge on any atom is 0.224 e. The molecule has 2 N–H and O–H groups in total. The van der Waals surface area contributed by atoms with Crippen LogP contribution in [0.15, 0.2) is 42.0 Å². The van der Waals surface area contributed by atoms with Crippen LogP contribution in [-0.4, -0.2) is 23.9 Å². The van der Waals surface area contributed by atoms with E-state index in [4.69, 9.17) is 5.73 Å². The van der Waals surface area contributed by atoms with E-state index in [1.54, 1.807) is 0 Å². The SMILES string of the molecule is CC1=CCN(C(=O)CC(N)c2ccccc2)CC1. The molecule has 0 saturated heterocycles. The second-order valence-corrected chi connectivity index (χ2v) is 4.86. The number of nitrogens with zero attached hydrogens (tertiary/aromatic N) is 1. The van der Waals surface area contributed by atoms with Gasteiger partial charge in [-0.3, -0.25) is 4.79 Å². The summed E-state index contributed by atoms with van der Waals surface area (Å²) in [5.41, 5.74) is 8.46. The molecular formula is C15H20N2O. The normalized spacial score (nSPS) is 17.2. The van der Waals surface area contributed by atoms with Crippen molar-refractivity contribution in [2.75, 3.05) is 13.1 Å². The third-order valence-electron chi connectivity index (χ3n) is 3.41. The highest BCUT2D eigenvalue weighted by Gasteiger charge is 2.18. The Balaban J connectivity index is 1.92. The fraction of sp³-hybridized carbons (Fsp3) is 0.400. The van der Waals surface area contributed by atoms with Crippen molar-refractivity contribution in [3.05, 3.63) is 47.5 Å². The maximum atomic E-state index is 12.1. The molecule has 3 heteroatoms. The topological polar surface area (TPSA) is 46.3 Å². The van der Waals surface area contributed by atoms with E-state index in [9.17, 15) is 4.79 Å². The molecule has 0 spiro atoms. The highest BCUT2D eigenvalue weighted by molar-refractivity contribution is 5.77. The van der Waals surface area contributed by atoms with Crippen LogP contribution in [0.3, 0.4) is 0 Å². The van der Waals surface area contributed by atoms with Crippen LogP contribution in [0, 0.1) is 0 Å². The second kappa shape index (κ2) is 5.83. The summed E-state index contributed by atoms with van der Waals surface area (Å²) < 4.78 is 0. The monoisotopic (exact) mass is 244 g/mol. The Labute approximate surface area is 108 Å². The molecular weight excluding hydrogens is 224 g/mol. The van der Waals surface area contributed by atoms with Crippen molar-refractivity contribution in [3.8, 4) is 0 Å². The van der Waals surface area contributed by atoms with Gasteiger partial charge in [-0.05, 0) is 18.9 Å². The van der Waals surface area contributed by atoms with Gasteiger partial charge in [0.1, 0.15) is 0 Å². The number of benzene rings is 1. The van der Waals surface area contributed by atoms with Crippen LogP contribution in [-0.2, 0) is 4.79 Å². The average molecular weight is 244 g/mol. The lowest BCUT2D eigenvalue weighted by Gasteiger charge is -2.26. The zero-order valence-electron chi connectivity index (χ0n) is 10.8. The number of hydrogen-bond donors (Lipinski definition) is 1. The predicted octanol–water partition coefficient (Wildman–Crippen LogP) is 2.26. The number of nitrogens with two attached hydrogens (primary N) is 1. The molecule has 1 aliphatic heterocycles. The lowest BCUT2D eigenvalue weighted by Crippen LogP contribution is -2.36. The first-order chi connectivity index (χ1) is 8.66. The Hall–Kier alpha value is -1.61. The first kappa shape index (κ1) is 12.8. The molecule has 1 aromatic carbocycles. The Morgan fingerprint density at radius 1 is 1.39 bits per heavy atom. The summed E-state index contributed by atoms with van der Waals surface area (Å²) in [6.45, 7) is 3.66. The molecule has 1 unspecified atom stereocenters. The van der Waals surface area contributed by atoms with E-state index >= 15 is 0 Å². The fourth-order valence-corrected chi connectivity index (χ4v) is 2.13. The smallest absolute Gasteiger partial charge is 0.224 e. The molecule has 96 valence electrons. The van der Waals surface area contributed by atoms with Crippen LogP contribution in [0.2, 0.25) is 0 Å². The van der Waals surface area contributed by atoms with Crippen molar-refractivity contribution in [3.63, 3.8) is 0 Å². The highest BCUT2D eigenvalue weighted by Crippen LogP contribution is 2.17. The van der Waals surface area contributed by atoms with Crippen molar-refractivity contribution in [2.24, 2.45) is 5.73 Å². The van der Waals surface area contributed by atoms with Crippen LogP contribution in [0.1, 0.15) is 31.4 Å². The quantitative estimate of drug-likeness (QED) is 0.829. The van der Waals surface area contributed by atoms with Gasteiger partial charge in [0.15, 0.2) is 0 Å². The summed E-state index contributed by atoms with van der Waals surface area (Å²) in [6, 6.07) is 9.59. The lowest BCUT2D eigenvalue weighted by molar-refractivity contribution is -0.131. The van der Waals surface area contributed by atoms with Gasteiger partial charge in [-0.1, -0.05) is 42.0 Å². The van der Waals surface area contributed by atoms with E-state index in [2.05, 4.69) is 13.0 Å². The summed E-state index contributed by atoms with van der Waals surface area (Å²) in [5.74, 6) is 0.148. The summed E-state index contributed by atoms with van der Waals surface area (Å²) >= 11 is 0. The predicted molar refractivity (Wildman–Crippen MR) is 72.9 cm³/mol. The van der Waals surface area contributed by atoms with Crippen LogP contribution < -0.4 is 5.73 Å². The zero-order chi connectivity index (χ0) is 13.0. The molecule has 1 aliphatic rings. The van der Waals surface area contributed by atoms with Crippen molar-refractivity contribution >= 4 is 5.91 Å². The molecule has 0 fully saturated rings. The standard InChI is InChI=1S/C15H20N2O/c1-12-7-9-17(10-8-12)15(18)11-14(16)13-5-3-2-4-6-13/h2-7,14H,8-11,16H2,1H3. The van der Waals surface area contributed by atoms with Gasteiger partial charge in [0.2, 0.25) is 5.91 Å². The van der Waals surface area contributed by atoms with Crippen molar-refractivity contribution in [1.29, 1.82) is 0 Å². The van der Waals surface area contributed by atoms with Crippen LogP contribution in [0.4, 0.5) is 0 Å². The Morgan fingerprint density at radius 2 is 2.11 bits per heavy atom. The molecule has 1 aromatic rings. The lowest BCUT2D eigenvalue weighted by atomic mass is 10.0. The number of rotatable bonds is 3. The summed E-state index contributed by atoms with van der Waals surface area (Å²) in [6.07, 6.45) is 3.48. The Bertz CT molecular complexity index is 439. The van der Waals surface area contributed by atoms with Gasteiger partial charge < -0.3 is 10.6 Å². The van der Waals surface area contributed by atoms with Crippen molar-refractivity contribution < 1.29 is 4.79 Å². The third-order valence-corrected chi connectivity index (χ3v) is 3.41. The molecule has 1 amide bonds. The summed E-state index contributed by atoms with van der Waals surface area (Å²) in [7, 11) is 0. The molecule has 0 radical (unpaired) electrons. The molecule has 1 atom stereocenters. The van der Waals surface area contributed by atoms with Gasteiger partial charge in [-0.2, -0.15) is 0 Å². The summed E-state index contributed by atoms with van der Waals surface area (Å²) in [5, 5.41) is 0. The van der Waals surface area contributed by atoms with E-state index in [0.717, 1.165) is 25.1 Å². The second-order valence-electron chi connectivity index (χ2n) is 4.86. The maximum absolute atomic E-state index is 12.1. The van der Waals surface area contributed by atoms with Crippen molar-refractivity contribution in [1.82, 2.24) is 4.90 Å². The Morgan fingerprint density at radius 3 is 2.72 bits per heavy atom. The summed E-state index contributed by atoms with van der Waals surface area (Å²) in [4.78, 5) is 14.0. The van der Waals surface area contributed by atoms with E-state index < -0.39 is 0 Å². The minimum absolute atomic E-state index is 0.148. The highest BCUT2D eigenvalue weighted by atomic mass is 16.2. The molecule has 3 nitrogen and oxygen atoms in total. The van der Waals surface area contributed by atoms with Gasteiger partial charge in [0.25, 0.3) is 0 Å². The largest absolute Gasteiger partial charge is 0.339 e. The number of carbonyl (C=O) groups excluding carboxylic acids is 1. The van der Waals surface area contributed by atoms with Crippen molar-refractivity contribution in [2.45, 2.75) is 25.8 Å². The third kappa shape index (κ3) is 3.20. The molecule has 0 aliphatic carbocycles. The van der Waals surface area contributed by atoms with Crippen LogP contribution in [0.25, 0.3) is 0 Å². The first-order valence-electron chi connectivity index (χ1n) is 6.41. The van der Waals surface area contributed by atoms with Gasteiger partial charge in [-0.25, -0.2) is 0 Å². The molecule has 18 heavy (non-hydrogen) atoms. The average Bonchev–Trinajstić information content (AvgIpc) is 2.40. The van der Waals surface area contributed by atoms with E-state index in [1.807, 2.05) is 35.2 Å². The molecule has 0 bridgehead atoms. The number of hydrogen-bond acceptors (Lipinski definition) is 2. The molecule has 1 heterocycles. The van der Waals surface area contributed by atoms with E-state index in [-0.39, 0.29) is 11.9 Å².